The summed E-state index contributed by atoms with van der Waals surface area (Å²) in [6.45, 7) is 2.32. The molecule has 83 heavy (non-hydrogen) atoms. The molecule has 0 heterocycles. The monoisotopic (exact) mass is 1210 g/mol. The van der Waals surface area contributed by atoms with Crippen molar-refractivity contribution in [2.24, 2.45) is 0 Å². The van der Waals surface area contributed by atoms with Crippen molar-refractivity contribution in [3.05, 3.63) is 109 Å². The van der Waals surface area contributed by atoms with Crippen molar-refractivity contribution in [2.45, 2.75) is 245 Å². The first-order valence-electron chi connectivity index (χ1n) is 31.2. The van der Waals surface area contributed by atoms with E-state index in [0.717, 1.165) is 148 Å². The molecular formula is C65H110O16P2. The smallest absolute Gasteiger partial charge is 0.463 e. The van der Waals surface area contributed by atoms with Gasteiger partial charge in [0.2, 0.25) is 0 Å². The Morgan fingerprint density at radius 2 is 0.639 bits per heavy atom. The van der Waals surface area contributed by atoms with Crippen molar-refractivity contribution < 1.29 is 75.8 Å². The third kappa shape index (κ3) is 59.7. The molecule has 0 saturated heterocycles. The molecule has 0 amide bonds. The van der Waals surface area contributed by atoms with Crippen LogP contribution in [-0.4, -0.2) is 95.9 Å². The fourth-order valence-electron chi connectivity index (χ4n) is 7.72. The molecule has 0 spiro atoms. The summed E-state index contributed by atoms with van der Waals surface area (Å²) in [5.41, 5.74) is 0. The van der Waals surface area contributed by atoms with Crippen LogP contribution in [0.2, 0.25) is 0 Å². The lowest BCUT2D eigenvalue weighted by Crippen LogP contribution is -2.30. The van der Waals surface area contributed by atoms with Gasteiger partial charge in [-0.15, -0.1) is 0 Å². The fourth-order valence-corrected chi connectivity index (χ4v) is 9.31. The molecule has 0 aromatic rings. The van der Waals surface area contributed by atoms with E-state index in [0.29, 0.717) is 19.3 Å². The minimum atomic E-state index is -4.93. The molecule has 0 aromatic carbocycles. The highest BCUT2D eigenvalue weighted by Gasteiger charge is 2.29. The van der Waals surface area contributed by atoms with E-state index >= 15 is 0 Å². The summed E-state index contributed by atoms with van der Waals surface area (Å²) in [7, 11) is -9.78. The molecule has 0 fully saturated rings. The summed E-state index contributed by atoms with van der Waals surface area (Å²) < 4.78 is 60.7. The van der Waals surface area contributed by atoms with Gasteiger partial charge in [-0.2, -0.15) is 0 Å². The van der Waals surface area contributed by atoms with E-state index in [1.807, 2.05) is 0 Å². The van der Waals surface area contributed by atoms with Crippen molar-refractivity contribution in [3.8, 4) is 0 Å². The number of ether oxygens (including phenoxy) is 3. The van der Waals surface area contributed by atoms with Crippen LogP contribution in [0.1, 0.15) is 226 Å². The van der Waals surface area contributed by atoms with Gasteiger partial charge in [-0.1, -0.05) is 194 Å². The number of hydrogen-bond donors (Lipinski definition) is 4. The average molecular weight is 1210 g/mol. The predicted molar refractivity (Wildman–Crippen MR) is 334 cm³/mol. The molecule has 5 atom stereocenters. The Morgan fingerprint density at radius 3 is 1.01 bits per heavy atom. The van der Waals surface area contributed by atoms with Crippen LogP contribution in [0.15, 0.2) is 109 Å². The van der Waals surface area contributed by atoms with Crippen molar-refractivity contribution in [3.63, 3.8) is 0 Å². The molecule has 0 rings (SSSR count). The summed E-state index contributed by atoms with van der Waals surface area (Å²) in [5.74, 6) is -1.64. The van der Waals surface area contributed by atoms with E-state index in [4.69, 9.17) is 32.3 Å². The Labute approximate surface area is 500 Å². The lowest BCUT2D eigenvalue weighted by molar-refractivity contribution is -0.161. The standard InChI is InChI=1S/C65H110O16P2/c1-4-7-10-13-16-19-22-25-28-29-32-34-36-39-42-45-48-51-63(68)75-54-60(66)55-77-82(71,72)78-56-61(67)57-79-83(73,74)80-59-62(81-65(70)53-50-47-44-41-38-35-31-27-24-21-18-15-12-9-6-3)58-76-64(69)52-49-46-43-40-37-33-30-26-23-20-17-14-11-8-5-2/h7-8,10-11,16-21,25-28,30-32,34,60-62,66-67H,4-6,9,12-15,22-24,29,33,35-59H2,1-3H3,(H,71,72)(H,73,74)/b10-7-,11-8-,19-16-,20-17-,21-18-,28-25-,30-26-,31-27-,34-32-. The molecule has 0 bridgehead atoms. The van der Waals surface area contributed by atoms with E-state index in [1.165, 1.54) is 19.3 Å². The number of allylic oxidation sites excluding steroid dienone is 18. The van der Waals surface area contributed by atoms with Gasteiger partial charge < -0.3 is 34.2 Å². The second kappa shape index (κ2) is 58.6. The topological polar surface area (TPSA) is 231 Å². The second-order valence-electron chi connectivity index (χ2n) is 20.4. The van der Waals surface area contributed by atoms with Crippen LogP contribution in [0, 0.1) is 0 Å². The first-order chi connectivity index (χ1) is 40.2. The minimum Gasteiger partial charge on any atom is -0.463 e. The zero-order chi connectivity index (χ0) is 61.0. The first-order valence-corrected chi connectivity index (χ1v) is 34.2. The molecule has 0 aliphatic carbocycles. The zero-order valence-electron chi connectivity index (χ0n) is 51.1. The summed E-state index contributed by atoms with van der Waals surface area (Å²) in [4.78, 5) is 58.2. The molecule has 0 aliphatic rings. The van der Waals surface area contributed by atoms with Crippen molar-refractivity contribution >= 4 is 33.6 Å². The molecule has 0 aromatic heterocycles. The molecule has 0 saturated carbocycles. The normalized spacial score (nSPS) is 15.1. The summed E-state index contributed by atoms with van der Waals surface area (Å²) in [5, 5.41) is 20.5. The Hall–Kier alpha value is -3.79. The number of carbonyl (C=O) groups excluding carboxylic acids is 3. The molecule has 16 nitrogen and oxygen atoms in total. The lowest BCUT2D eigenvalue weighted by atomic mass is 10.1. The number of unbranched alkanes of at least 4 members (excludes halogenated alkanes) is 17. The third-order valence-corrected chi connectivity index (χ3v) is 14.4. The highest BCUT2D eigenvalue weighted by Crippen LogP contribution is 2.45. The SMILES string of the molecule is CC/C=C\C/C=C\C/C=C\C/C=C\CCCCCCC(=O)OCC(O)COP(=O)(O)OCC(O)COP(=O)(O)OCC(COC(=O)CCCCCCC/C=C\C/C=C\C/C=C\CC)OC(=O)CCCCCCC/C=C\C/C=C\CCCCC. The maximum Gasteiger partial charge on any atom is 0.472 e. The van der Waals surface area contributed by atoms with Crippen LogP contribution in [0.3, 0.4) is 0 Å². The van der Waals surface area contributed by atoms with Crippen molar-refractivity contribution in [2.75, 3.05) is 39.6 Å². The predicted octanol–water partition coefficient (Wildman–Crippen LogP) is 16.5. The summed E-state index contributed by atoms with van der Waals surface area (Å²) in [6.07, 6.45) is 62.9. The number of aliphatic hydroxyl groups excluding tert-OH is 2. The van der Waals surface area contributed by atoms with E-state index in [-0.39, 0.29) is 19.3 Å². The van der Waals surface area contributed by atoms with E-state index in [9.17, 15) is 43.5 Å². The van der Waals surface area contributed by atoms with Crippen LogP contribution in [0.5, 0.6) is 0 Å². The second-order valence-corrected chi connectivity index (χ2v) is 23.3. The molecule has 4 N–H and O–H groups in total. The van der Waals surface area contributed by atoms with Crippen molar-refractivity contribution in [1.29, 1.82) is 0 Å². The maximum absolute atomic E-state index is 12.9. The highest BCUT2D eigenvalue weighted by molar-refractivity contribution is 7.47. The number of phosphoric ester groups is 2. The number of rotatable bonds is 58. The zero-order valence-corrected chi connectivity index (χ0v) is 52.9. The fraction of sp³-hybridized carbons (Fsp3) is 0.677. The Morgan fingerprint density at radius 1 is 0.349 bits per heavy atom. The average Bonchev–Trinajstić information content (AvgIpc) is 3.47. The van der Waals surface area contributed by atoms with E-state index < -0.39 is 91.5 Å². The molecule has 18 heteroatoms. The Kier molecular flexibility index (Phi) is 55.9. The van der Waals surface area contributed by atoms with Gasteiger partial charge in [0, 0.05) is 19.3 Å². The van der Waals surface area contributed by atoms with Crippen LogP contribution in [0.4, 0.5) is 0 Å². The van der Waals surface area contributed by atoms with Gasteiger partial charge in [-0.05, 0) is 122 Å². The van der Waals surface area contributed by atoms with E-state index in [2.05, 4.69) is 130 Å². The molecule has 5 unspecified atom stereocenters. The van der Waals surface area contributed by atoms with Gasteiger partial charge in [0.25, 0.3) is 0 Å². The van der Waals surface area contributed by atoms with Crippen LogP contribution < -0.4 is 0 Å². The first kappa shape index (κ1) is 79.2. The van der Waals surface area contributed by atoms with Gasteiger partial charge in [-0.3, -0.25) is 32.5 Å². The van der Waals surface area contributed by atoms with E-state index in [1.54, 1.807) is 0 Å². The number of esters is 3. The number of hydrogen-bond acceptors (Lipinski definition) is 14. The molecule has 476 valence electrons. The maximum atomic E-state index is 12.9. The lowest BCUT2D eigenvalue weighted by Gasteiger charge is -2.21. The number of phosphoric acid groups is 2. The van der Waals surface area contributed by atoms with Gasteiger partial charge in [0.1, 0.15) is 25.4 Å². The van der Waals surface area contributed by atoms with Gasteiger partial charge in [0.15, 0.2) is 6.10 Å². The van der Waals surface area contributed by atoms with Crippen molar-refractivity contribution in [1.82, 2.24) is 0 Å². The number of aliphatic hydroxyl groups is 2. The minimum absolute atomic E-state index is 0.0817. The van der Waals surface area contributed by atoms with Gasteiger partial charge in [-0.25, -0.2) is 9.13 Å². The summed E-state index contributed by atoms with van der Waals surface area (Å²) >= 11 is 0. The van der Waals surface area contributed by atoms with Gasteiger partial charge in [0.05, 0.1) is 26.4 Å². The summed E-state index contributed by atoms with van der Waals surface area (Å²) in [6, 6.07) is 0. The quantitative estimate of drug-likeness (QED) is 0.0146. The molecular weight excluding hydrogens is 1100 g/mol. The largest absolute Gasteiger partial charge is 0.472 e. The highest BCUT2D eigenvalue weighted by atomic mass is 31.2. The molecule has 0 aliphatic heterocycles. The van der Waals surface area contributed by atoms with Crippen LogP contribution in [-0.2, 0) is 55.8 Å². The third-order valence-electron chi connectivity index (χ3n) is 12.5. The van der Waals surface area contributed by atoms with Crippen LogP contribution in [0.25, 0.3) is 0 Å². The number of carbonyl (C=O) groups is 3. The molecule has 0 radical (unpaired) electrons. The Bertz CT molecular complexity index is 1960. The Balaban J connectivity index is 4.75. The van der Waals surface area contributed by atoms with Crippen LogP contribution >= 0.6 is 15.6 Å². The van der Waals surface area contributed by atoms with Gasteiger partial charge >= 0.3 is 33.6 Å².